The maximum atomic E-state index is 13.0. The van der Waals surface area contributed by atoms with Gasteiger partial charge in [-0.2, -0.15) is 4.31 Å². The van der Waals surface area contributed by atoms with Gasteiger partial charge in [0.2, 0.25) is 0 Å². The second-order valence-electron chi connectivity index (χ2n) is 7.28. The first-order valence-electron chi connectivity index (χ1n) is 9.69. The molecule has 8 heteroatoms. The van der Waals surface area contributed by atoms with Gasteiger partial charge in [0.15, 0.2) is 0 Å². The molecule has 1 aromatic carbocycles. The molecule has 0 radical (unpaired) electrons. The maximum Gasteiger partial charge on any atom is 0.263 e. The normalized spacial score (nSPS) is 19.2. The highest BCUT2D eigenvalue weighted by molar-refractivity contribution is 7.91. The van der Waals surface area contributed by atoms with Crippen molar-refractivity contribution in [3.8, 4) is 0 Å². The molecule has 2 saturated heterocycles. The van der Waals surface area contributed by atoms with Crippen LogP contribution in [-0.2, 0) is 16.6 Å². The summed E-state index contributed by atoms with van der Waals surface area (Å²) in [6, 6.07) is 13.5. The van der Waals surface area contributed by atoms with Crippen molar-refractivity contribution in [1.82, 2.24) is 14.1 Å². The van der Waals surface area contributed by atoms with Crippen LogP contribution in [0.25, 0.3) is 0 Å². The van der Waals surface area contributed by atoms with Crippen molar-refractivity contribution >= 4 is 27.3 Å². The highest BCUT2D eigenvalue weighted by atomic mass is 32.2. The van der Waals surface area contributed by atoms with Crippen molar-refractivity contribution in [2.45, 2.75) is 23.6 Å². The summed E-state index contributed by atoms with van der Waals surface area (Å²) in [6.45, 7) is 4.73. The average molecular weight is 420 g/mol. The van der Waals surface area contributed by atoms with Crippen LogP contribution in [0.2, 0.25) is 0 Å². The SMILES string of the molecule is O=C(c1ccc(S(=O)(=O)N2CCN(Cc3ccccc3)CC2)s1)N1CCCC1. The van der Waals surface area contributed by atoms with E-state index in [-0.39, 0.29) is 10.1 Å². The summed E-state index contributed by atoms with van der Waals surface area (Å²) < 4.78 is 27.8. The summed E-state index contributed by atoms with van der Waals surface area (Å²) >= 11 is 1.10. The molecule has 2 fully saturated rings. The Morgan fingerprint density at radius 1 is 0.893 bits per heavy atom. The minimum absolute atomic E-state index is 0.0448. The van der Waals surface area contributed by atoms with E-state index in [1.54, 1.807) is 16.4 Å². The molecule has 0 unspecified atom stereocenters. The number of nitrogens with zero attached hydrogens (tertiary/aromatic N) is 3. The Kier molecular flexibility index (Phi) is 5.82. The predicted octanol–water partition coefficient (Wildman–Crippen LogP) is 2.49. The quantitative estimate of drug-likeness (QED) is 0.747. The van der Waals surface area contributed by atoms with E-state index in [1.807, 2.05) is 23.1 Å². The minimum Gasteiger partial charge on any atom is -0.338 e. The first-order chi connectivity index (χ1) is 13.5. The van der Waals surface area contributed by atoms with E-state index in [4.69, 9.17) is 0 Å². The molecule has 0 spiro atoms. The molecule has 3 heterocycles. The third kappa shape index (κ3) is 4.15. The number of rotatable bonds is 5. The number of likely N-dealkylation sites (tertiary alicyclic amines) is 1. The Morgan fingerprint density at radius 2 is 1.57 bits per heavy atom. The standard InChI is InChI=1S/C20H25N3O3S2/c24-20(22-10-4-5-11-22)18-8-9-19(27-18)28(25,26)23-14-12-21(13-15-23)16-17-6-2-1-3-7-17/h1-3,6-9H,4-5,10-16H2. The Bertz CT molecular complexity index is 913. The van der Waals surface area contributed by atoms with Crippen LogP contribution < -0.4 is 0 Å². The molecule has 1 aromatic heterocycles. The van der Waals surface area contributed by atoms with Crippen LogP contribution in [-0.4, -0.2) is 67.7 Å². The third-order valence-corrected chi connectivity index (χ3v) is 8.80. The molecule has 0 bridgehead atoms. The predicted molar refractivity (Wildman–Crippen MR) is 110 cm³/mol. The van der Waals surface area contributed by atoms with Gasteiger partial charge in [0.25, 0.3) is 15.9 Å². The molecule has 150 valence electrons. The zero-order valence-electron chi connectivity index (χ0n) is 15.8. The van der Waals surface area contributed by atoms with Crippen molar-refractivity contribution in [2.75, 3.05) is 39.3 Å². The molecule has 4 rings (SSSR count). The topological polar surface area (TPSA) is 60.9 Å². The molecule has 28 heavy (non-hydrogen) atoms. The molecule has 1 amide bonds. The van der Waals surface area contributed by atoms with E-state index in [0.29, 0.717) is 31.1 Å². The average Bonchev–Trinajstić information content (AvgIpc) is 3.41. The number of carbonyl (C=O) groups is 1. The minimum atomic E-state index is -3.54. The van der Waals surface area contributed by atoms with E-state index in [9.17, 15) is 13.2 Å². The van der Waals surface area contributed by atoms with Gasteiger partial charge < -0.3 is 4.90 Å². The molecule has 0 atom stereocenters. The lowest BCUT2D eigenvalue weighted by Crippen LogP contribution is -2.48. The van der Waals surface area contributed by atoms with Crippen molar-refractivity contribution in [1.29, 1.82) is 0 Å². The fourth-order valence-corrected chi connectivity index (χ4v) is 6.60. The third-order valence-electron chi connectivity index (χ3n) is 5.36. The lowest BCUT2D eigenvalue weighted by molar-refractivity contribution is 0.0797. The molecule has 2 aliphatic heterocycles. The van der Waals surface area contributed by atoms with Gasteiger partial charge in [0, 0.05) is 45.8 Å². The van der Waals surface area contributed by atoms with E-state index >= 15 is 0 Å². The summed E-state index contributed by atoms with van der Waals surface area (Å²) in [4.78, 5) is 17.1. The van der Waals surface area contributed by atoms with E-state index < -0.39 is 10.0 Å². The monoisotopic (exact) mass is 419 g/mol. The van der Waals surface area contributed by atoms with Gasteiger partial charge in [0.05, 0.1) is 4.88 Å². The Hall–Kier alpha value is -1.74. The second-order valence-corrected chi connectivity index (χ2v) is 10.5. The second kappa shape index (κ2) is 8.32. The Balaban J connectivity index is 1.38. The highest BCUT2D eigenvalue weighted by Crippen LogP contribution is 2.27. The van der Waals surface area contributed by atoms with Gasteiger partial charge in [-0.3, -0.25) is 9.69 Å². The Labute approximate surface area is 170 Å². The number of hydrogen-bond donors (Lipinski definition) is 0. The fraction of sp³-hybridized carbons (Fsp3) is 0.450. The summed E-state index contributed by atoms with van der Waals surface area (Å²) in [5.41, 5.74) is 1.24. The Morgan fingerprint density at radius 3 is 2.25 bits per heavy atom. The smallest absolute Gasteiger partial charge is 0.263 e. The fourth-order valence-electron chi connectivity index (χ4n) is 3.75. The number of piperazine rings is 1. The van der Waals surface area contributed by atoms with Crippen LogP contribution in [0.4, 0.5) is 0 Å². The van der Waals surface area contributed by atoms with Crippen LogP contribution in [0.1, 0.15) is 28.1 Å². The summed E-state index contributed by atoms with van der Waals surface area (Å²) in [7, 11) is -3.54. The zero-order chi connectivity index (χ0) is 19.6. The first kappa shape index (κ1) is 19.6. The summed E-state index contributed by atoms with van der Waals surface area (Å²) in [5, 5.41) is 0. The van der Waals surface area contributed by atoms with Crippen LogP contribution in [0, 0.1) is 0 Å². The molecule has 0 aliphatic carbocycles. The van der Waals surface area contributed by atoms with Gasteiger partial charge >= 0.3 is 0 Å². The van der Waals surface area contributed by atoms with Crippen molar-refractivity contribution in [2.24, 2.45) is 0 Å². The molecule has 2 aliphatic rings. The van der Waals surface area contributed by atoms with Gasteiger partial charge in [-0.25, -0.2) is 8.42 Å². The number of thiophene rings is 1. The number of sulfonamides is 1. The lowest BCUT2D eigenvalue weighted by Gasteiger charge is -2.33. The van der Waals surface area contributed by atoms with Crippen molar-refractivity contribution in [3.05, 3.63) is 52.9 Å². The molecule has 0 N–H and O–H groups in total. The largest absolute Gasteiger partial charge is 0.338 e. The van der Waals surface area contributed by atoms with Crippen LogP contribution in [0.3, 0.4) is 0 Å². The molecule has 2 aromatic rings. The van der Waals surface area contributed by atoms with Gasteiger partial charge in [-0.05, 0) is 30.5 Å². The van der Waals surface area contributed by atoms with E-state index in [2.05, 4.69) is 17.0 Å². The molecular formula is C20H25N3O3S2. The zero-order valence-corrected chi connectivity index (χ0v) is 17.4. The van der Waals surface area contributed by atoms with Crippen molar-refractivity contribution < 1.29 is 13.2 Å². The number of amides is 1. The maximum absolute atomic E-state index is 13.0. The highest BCUT2D eigenvalue weighted by Gasteiger charge is 2.31. The number of hydrogen-bond acceptors (Lipinski definition) is 5. The van der Waals surface area contributed by atoms with Crippen molar-refractivity contribution in [3.63, 3.8) is 0 Å². The number of benzene rings is 1. The van der Waals surface area contributed by atoms with Crippen LogP contribution in [0.15, 0.2) is 46.7 Å². The van der Waals surface area contributed by atoms with Crippen LogP contribution in [0.5, 0.6) is 0 Å². The van der Waals surface area contributed by atoms with Gasteiger partial charge in [0.1, 0.15) is 4.21 Å². The summed E-state index contributed by atoms with van der Waals surface area (Å²) in [6.07, 6.45) is 2.05. The van der Waals surface area contributed by atoms with E-state index in [1.165, 1.54) is 5.56 Å². The summed E-state index contributed by atoms with van der Waals surface area (Å²) in [5.74, 6) is -0.0448. The number of carbonyl (C=O) groups excluding carboxylic acids is 1. The van der Waals surface area contributed by atoms with Gasteiger partial charge in [-0.1, -0.05) is 30.3 Å². The molecule has 6 nitrogen and oxygen atoms in total. The lowest BCUT2D eigenvalue weighted by atomic mass is 10.2. The molecule has 0 saturated carbocycles. The van der Waals surface area contributed by atoms with Crippen LogP contribution >= 0.6 is 11.3 Å². The van der Waals surface area contributed by atoms with E-state index in [0.717, 1.165) is 43.8 Å². The first-order valence-corrected chi connectivity index (χ1v) is 12.0. The van der Waals surface area contributed by atoms with Gasteiger partial charge in [-0.15, -0.1) is 11.3 Å². The molecular weight excluding hydrogens is 394 g/mol.